The Morgan fingerprint density at radius 2 is 1.79 bits per heavy atom. The highest BCUT2D eigenvalue weighted by Gasteiger charge is 2.23. The van der Waals surface area contributed by atoms with Crippen molar-refractivity contribution in [3.8, 4) is 11.5 Å². The fourth-order valence-electron chi connectivity index (χ4n) is 3.56. The monoisotopic (exact) mass is 472 g/mol. The van der Waals surface area contributed by atoms with Crippen molar-refractivity contribution in [2.45, 2.75) is 30.7 Å². The third-order valence-corrected chi connectivity index (χ3v) is 6.50. The van der Waals surface area contributed by atoms with Crippen molar-refractivity contribution in [3.63, 3.8) is 0 Å². The van der Waals surface area contributed by atoms with Crippen molar-refractivity contribution < 1.29 is 14.0 Å². The van der Waals surface area contributed by atoms with Crippen molar-refractivity contribution in [1.82, 2.24) is 20.4 Å². The van der Waals surface area contributed by atoms with Crippen LogP contribution in [0.1, 0.15) is 28.8 Å². The molecule has 1 aromatic heterocycles. The first-order valence-electron chi connectivity index (χ1n) is 11.1. The predicted molar refractivity (Wildman–Crippen MR) is 131 cm³/mol. The van der Waals surface area contributed by atoms with Crippen LogP contribution in [-0.2, 0) is 11.3 Å². The molecule has 2 amide bonds. The summed E-state index contributed by atoms with van der Waals surface area (Å²) in [5.74, 6) is 0.529. The summed E-state index contributed by atoms with van der Waals surface area (Å²) in [6.45, 7) is 0.454. The van der Waals surface area contributed by atoms with Crippen LogP contribution < -0.4 is 5.32 Å². The minimum Gasteiger partial charge on any atom is -0.411 e. The Morgan fingerprint density at radius 3 is 2.56 bits per heavy atom. The predicted octanol–water partition coefficient (Wildman–Crippen LogP) is 4.53. The molecule has 0 spiro atoms. The third-order valence-electron chi connectivity index (χ3n) is 5.70. The van der Waals surface area contributed by atoms with Gasteiger partial charge in [0.15, 0.2) is 0 Å². The van der Waals surface area contributed by atoms with Gasteiger partial charge in [-0.25, -0.2) is 0 Å². The van der Waals surface area contributed by atoms with E-state index in [9.17, 15) is 9.59 Å². The zero-order valence-corrected chi connectivity index (χ0v) is 19.5. The molecule has 0 bridgehead atoms. The molecule has 4 aromatic rings. The third kappa shape index (κ3) is 5.28. The van der Waals surface area contributed by atoms with Gasteiger partial charge in [-0.05, 0) is 53.4 Å². The number of fused-ring (bicyclic) bond motifs is 1. The fraction of sp³-hybridized carbons (Fsp3) is 0.231. The first-order valence-corrected chi connectivity index (χ1v) is 12.1. The van der Waals surface area contributed by atoms with Gasteiger partial charge in [0, 0.05) is 30.8 Å². The number of hydrogen-bond donors (Lipinski definition) is 1. The highest BCUT2D eigenvalue weighted by atomic mass is 32.2. The molecule has 5 rings (SSSR count). The van der Waals surface area contributed by atoms with Crippen molar-refractivity contribution in [2.75, 3.05) is 12.8 Å². The lowest BCUT2D eigenvalue weighted by atomic mass is 10.1. The maximum Gasteiger partial charge on any atom is 0.277 e. The summed E-state index contributed by atoms with van der Waals surface area (Å²) in [7, 11) is 1.75. The standard InChI is InChI=1S/C26H24N4O3S/c1-30(15-17-6-8-19(9-7-17)24(32)27-22-12-13-22)23(31)16-34-26-29-28-25(33-26)21-11-10-18-4-2-3-5-20(18)14-21/h2-11,14,22H,12-13,15-16H2,1H3,(H,27,32). The second kappa shape index (κ2) is 9.69. The molecule has 7 nitrogen and oxygen atoms in total. The van der Waals surface area contributed by atoms with E-state index in [1.54, 1.807) is 24.1 Å². The van der Waals surface area contributed by atoms with E-state index >= 15 is 0 Å². The maximum atomic E-state index is 12.6. The average molecular weight is 473 g/mol. The van der Waals surface area contributed by atoms with Crippen LogP contribution >= 0.6 is 11.8 Å². The number of rotatable bonds is 8. The van der Waals surface area contributed by atoms with Gasteiger partial charge in [-0.3, -0.25) is 9.59 Å². The molecule has 1 saturated carbocycles. The number of aromatic nitrogens is 2. The van der Waals surface area contributed by atoms with Crippen LogP contribution in [0.4, 0.5) is 0 Å². The number of amides is 2. The van der Waals surface area contributed by atoms with Gasteiger partial charge in [-0.2, -0.15) is 0 Å². The number of benzene rings is 3. The first kappa shape index (κ1) is 22.2. The van der Waals surface area contributed by atoms with Gasteiger partial charge < -0.3 is 14.6 Å². The molecule has 8 heteroatoms. The molecular weight excluding hydrogens is 448 g/mol. The Labute approximate surface area is 201 Å². The van der Waals surface area contributed by atoms with Gasteiger partial charge >= 0.3 is 0 Å². The molecular formula is C26H24N4O3S. The van der Waals surface area contributed by atoms with E-state index in [2.05, 4.69) is 21.6 Å². The van der Waals surface area contributed by atoms with Gasteiger partial charge in [0.05, 0.1) is 5.75 Å². The molecule has 34 heavy (non-hydrogen) atoms. The lowest BCUT2D eigenvalue weighted by molar-refractivity contribution is -0.127. The molecule has 1 aliphatic rings. The number of carbonyl (C=O) groups excluding carboxylic acids is 2. The van der Waals surface area contributed by atoms with Crippen LogP contribution in [0.3, 0.4) is 0 Å². The molecule has 172 valence electrons. The van der Waals surface area contributed by atoms with Gasteiger partial charge in [0.2, 0.25) is 11.8 Å². The summed E-state index contributed by atoms with van der Waals surface area (Å²) < 4.78 is 5.77. The fourth-order valence-corrected chi connectivity index (χ4v) is 4.26. The SMILES string of the molecule is CN(Cc1ccc(C(=O)NC2CC2)cc1)C(=O)CSc1nnc(-c2ccc3ccccc3c2)o1. The van der Waals surface area contributed by atoms with Crippen molar-refractivity contribution in [1.29, 1.82) is 0 Å². The van der Waals surface area contributed by atoms with E-state index in [0.29, 0.717) is 29.3 Å². The van der Waals surface area contributed by atoms with Crippen molar-refractivity contribution >= 4 is 34.3 Å². The Morgan fingerprint density at radius 1 is 1.03 bits per heavy atom. The molecule has 1 heterocycles. The van der Waals surface area contributed by atoms with E-state index in [-0.39, 0.29) is 17.6 Å². The van der Waals surface area contributed by atoms with Crippen molar-refractivity contribution in [3.05, 3.63) is 77.9 Å². The Kier molecular flexibility index (Phi) is 6.31. The van der Waals surface area contributed by atoms with Crippen LogP contribution in [0, 0.1) is 0 Å². The van der Waals surface area contributed by atoms with Gasteiger partial charge in [0.25, 0.3) is 11.1 Å². The quantitative estimate of drug-likeness (QED) is 0.379. The van der Waals surface area contributed by atoms with E-state index in [0.717, 1.165) is 34.7 Å². The molecule has 0 radical (unpaired) electrons. The number of hydrogen-bond acceptors (Lipinski definition) is 6. The normalized spacial score (nSPS) is 13.1. The molecule has 1 aliphatic carbocycles. The first-order chi connectivity index (χ1) is 16.5. The minimum atomic E-state index is -0.0500. The zero-order chi connectivity index (χ0) is 23.5. The number of nitrogens with one attached hydrogen (secondary N) is 1. The summed E-state index contributed by atoms with van der Waals surface area (Å²) in [6.07, 6.45) is 2.12. The Bertz CT molecular complexity index is 1330. The smallest absolute Gasteiger partial charge is 0.277 e. The average Bonchev–Trinajstić information content (AvgIpc) is 3.55. The van der Waals surface area contributed by atoms with E-state index < -0.39 is 0 Å². The van der Waals surface area contributed by atoms with Gasteiger partial charge in [0.1, 0.15) is 0 Å². The molecule has 0 unspecified atom stereocenters. The van der Waals surface area contributed by atoms with Crippen LogP contribution in [0.25, 0.3) is 22.2 Å². The molecule has 0 saturated heterocycles. The van der Waals surface area contributed by atoms with Crippen molar-refractivity contribution in [2.24, 2.45) is 0 Å². The zero-order valence-electron chi connectivity index (χ0n) is 18.7. The van der Waals surface area contributed by atoms with E-state index in [1.165, 1.54) is 11.8 Å². The molecule has 0 aliphatic heterocycles. The maximum absolute atomic E-state index is 12.6. The summed E-state index contributed by atoms with van der Waals surface area (Å²) in [5, 5.41) is 13.8. The molecule has 3 aromatic carbocycles. The van der Waals surface area contributed by atoms with Crippen LogP contribution in [0.5, 0.6) is 0 Å². The summed E-state index contributed by atoms with van der Waals surface area (Å²) >= 11 is 1.22. The second-order valence-electron chi connectivity index (χ2n) is 8.42. The van der Waals surface area contributed by atoms with E-state index in [1.807, 2.05) is 48.5 Å². The Balaban J connectivity index is 1.14. The molecule has 1 fully saturated rings. The molecule has 0 atom stereocenters. The largest absolute Gasteiger partial charge is 0.411 e. The van der Waals surface area contributed by atoms with Crippen LogP contribution in [0.15, 0.2) is 76.4 Å². The number of nitrogens with zero attached hydrogens (tertiary/aromatic N) is 3. The summed E-state index contributed by atoms with van der Waals surface area (Å²) in [5.41, 5.74) is 2.44. The summed E-state index contributed by atoms with van der Waals surface area (Å²) in [4.78, 5) is 26.4. The Hall–Kier alpha value is -3.65. The van der Waals surface area contributed by atoms with Crippen LogP contribution in [-0.4, -0.2) is 45.8 Å². The van der Waals surface area contributed by atoms with E-state index in [4.69, 9.17) is 4.42 Å². The van der Waals surface area contributed by atoms with Crippen LogP contribution in [0.2, 0.25) is 0 Å². The highest BCUT2D eigenvalue weighted by Crippen LogP contribution is 2.26. The second-order valence-corrected chi connectivity index (χ2v) is 9.34. The van der Waals surface area contributed by atoms with Gasteiger partial charge in [-0.1, -0.05) is 54.2 Å². The summed E-state index contributed by atoms with van der Waals surface area (Å²) in [6, 6.07) is 21.7. The molecule has 1 N–H and O–H groups in total. The number of thioether (sulfide) groups is 1. The minimum absolute atomic E-state index is 0.0440. The topological polar surface area (TPSA) is 88.3 Å². The lowest BCUT2D eigenvalue weighted by Crippen LogP contribution is -2.28. The van der Waals surface area contributed by atoms with Gasteiger partial charge in [-0.15, -0.1) is 10.2 Å². The lowest BCUT2D eigenvalue weighted by Gasteiger charge is -2.17. The number of carbonyl (C=O) groups is 2. The highest BCUT2D eigenvalue weighted by molar-refractivity contribution is 7.99.